The molecule has 1 aliphatic heterocycles. The first-order valence-corrected chi connectivity index (χ1v) is 9.30. The highest BCUT2D eigenvalue weighted by Crippen LogP contribution is 2.35. The third-order valence-corrected chi connectivity index (χ3v) is 4.21. The minimum absolute atomic E-state index is 0.145. The summed E-state index contributed by atoms with van der Waals surface area (Å²) in [5.41, 5.74) is 1.02. The van der Waals surface area contributed by atoms with Crippen LogP contribution in [0, 0.1) is 5.92 Å². The number of urea groups is 1. The van der Waals surface area contributed by atoms with Gasteiger partial charge in [0, 0.05) is 17.9 Å². The number of amides is 2. The van der Waals surface area contributed by atoms with Gasteiger partial charge in [-0.15, -0.1) is 0 Å². The molecule has 1 heterocycles. The van der Waals surface area contributed by atoms with Crippen molar-refractivity contribution < 1.29 is 23.8 Å². The molecule has 7 heteroatoms. The average Bonchev–Trinajstić information content (AvgIpc) is 2.65. The molecule has 0 saturated carbocycles. The van der Waals surface area contributed by atoms with Crippen molar-refractivity contribution in [1.82, 2.24) is 10.6 Å². The van der Waals surface area contributed by atoms with Gasteiger partial charge in [-0.1, -0.05) is 38.1 Å². The van der Waals surface area contributed by atoms with E-state index in [0.717, 1.165) is 18.4 Å². The van der Waals surface area contributed by atoms with Crippen molar-refractivity contribution in [1.29, 1.82) is 0 Å². The summed E-state index contributed by atoms with van der Waals surface area (Å²) in [5, 5.41) is 5.37. The number of unbranched alkanes of at least 4 members (excludes halogenated alkanes) is 1. The molecule has 0 aliphatic carbocycles. The predicted octanol–water partition coefficient (Wildman–Crippen LogP) is 2.93. The van der Waals surface area contributed by atoms with Crippen LogP contribution in [0.25, 0.3) is 0 Å². The quantitative estimate of drug-likeness (QED) is 0.484. The van der Waals surface area contributed by atoms with Gasteiger partial charge in [0.05, 0.1) is 19.3 Å². The molecule has 2 rings (SSSR count). The monoisotopic (exact) mass is 376 g/mol. The van der Waals surface area contributed by atoms with Crippen molar-refractivity contribution in [2.75, 3.05) is 26.4 Å². The molecular formula is C20H28N2O5. The van der Waals surface area contributed by atoms with Gasteiger partial charge in [-0.05, 0) is 19.4 Å². The summed E-state index contributed by atoms with van der Waals surface area (Å²) in [6, 6.07) is 6.34. The Bertz CT molecular complexity index is 662. The minimum Gasteiger partial charge on any atom is -0.493 e. The molecule has 2 amide bonds. The number of carbonyl (C=O) groups is 2. The highest BCUT2D eigenvalue weighted by molar-refractivity contribution is 5.85. The lowest BCUT2D eigenvalue weighted by atomic mass is 9.88. The van der Waals surface area contributed by atoms with E-state index in [2.05, 4.69) is 24.1 Å². The maximum atomic E-state index is 12.7. The number of hydrogen-bond donors (Lipinski definition) is 2. The molecule has 27 heavy (non-hydrogen) atoms. The van der Waals surface area contributed by atoms with Gasteiger partial charge in [0.25, 0.3) is 0 Å². The summed E-state index contributed by atoms with van der Waals surface area (Å²) in [6.07, 6.45) is 1.93. The highest BCUT2D eigenvalue weighted by atomic mass is 16.6. The Morgan fingerprint density at radius 1 is 1.19 bits per heavy atom. The third kappa shape index (κ3) is 5.72. The molecule has 0 unspecified atom stereocenters. The fourth-order valence-electron chi connectivity index (χ4n) is 2.85. The van der Waals surface area contributed by atoms with E-state index in [1.807, 2.05) is 31.2 Å². The predicted molar refractivity (Wildman–Crippen MR) is 101 cm³/mol. The van der Waals surface area contributed by atoms with Crippen molar-refractivity contribution in [3.8, 4) is 5.75 Å². The van der Waals surface area contributed by atoms with Crippen LogP contribution in [0.1, 0.15) is 38.3 Å². The van der Waals surface area contributed by atoms with Gasteiger partial charge in [0.1, 0.15) is 18.3 Å². The number of rotatable bonds is 10. The molecule has 0 bridgehead atoms. The van der Waals surface area contributed by atoms with Crippen LogP contribution in [-0.4, -0.2) is 38.4 Å². The lowest BCUT2D eigenvalue weighted by Gasteiger charge is -2.34. The van der Waals surface area contributed by atoms with Crippen molar-refractivity contribution in [2.24, 2.45) is 5.92 Å². The van der Waals surface area contributed by atoms with Gasteiger partial charge in [-0.25, -0.2) is 4.79 Å². The second-order valence-electron chi connectivity index (χ2n) is 6.18. The minimum atomic E-state index is -0.764. The number of nitrogens with one attached hydrogen (secondary N) is 2. The summed E-state index contributed by atoms with van der Waals surface area (Å²) in [4.78, 5) is 24.7. The maximum Gasteiger partial charge on any atom is 0.319 e. The van der Waals surface area contributed by atoms with E-state index in [0.29, 0.717) is 31.3 Å². The van der Waals surface area contributed by atoms with Gasteiger partial charge in [-0.3, -0.25) is 4.79 Å². The van der Waals surface area contributed by atoms with E-state index in [-0.39, 0.29) is 6.61 Å². The van der Waals surface area contributed by atoms with Crippen LogP contribution in [0.15, 0.2) is 36.5 Å². The van der Waals surface area contributed by atoms with Gasteiger partial charge >= 0.3 is 12.0 Å². The lowest BCUT2D eigenvalue weighted by molar-refractivity contribution is -0.150. The first kappa shape index (κ1) is 20.8. The first-order valence-electron chi connectivity index (χ1n) is 9.30. The van der Waals surface area contributed by atoms with Crippen molar-refractivity contribution in [3.05, 3.63) is 42.1 Å². The van der Waals surface area contributed by atoms with Crippen molar-refractivity contribution >= 4 is 12.0 Å². The molecule has 148 valence electrons. The molecule has 2 N–H and O–H groups in total. The molecule has 1 fully saturated rings. The van der Waals surface area contributed by atoms with Crippen LogP contribution in [0.2, 0.25) is 0 Å². The SMILES string of the molecule is C=C1NC(=O)N[C@@H](c2ccccc2OCCCC)[C@@H]1C(=O)OCCOCC. The van der Waals surface area contributed by atoms with E-state index >= 15 is 0 Å². The fourth-order valence-corrected chi connectivity index (χ4v) is 2.85. The molecule has 0 aromatic heterocycles. The molecule has 1 aliphatic rings. The lowest BCUT2D eigenvalue weighted by Crippen LogP contribution is -2.51. The third-order valence-electron chi connectivity index (χ3n) is 4.21. The van der Waals surface area contributed by atoms with E-state index in [1.54, 1.807) is 0 Å². The van der Waals surface area contributed by atoms with Crippen LogP contribution in [0.5, 0.6) is 5.75 Å². The second kappa shape index (κ2) is 10.6. The summed E-state index contributed by atoms with van der Waals surface area (Å²) in [5.74, 6) is -0.598. The molecule has 1 aromatic carbocycles. The Kier molecular flexibility index (Phi) is 8.13. The number of hydrogen-bond acceptors (Lipinski definition) is 5. The number of para-hydroxylation sites is 1. The number of esters is 1. The normalized spacial score (nSPS) is 19.2. The van der Waals surface area contributed by atoms with Crippen LogP contribution in [0.4, 0.5) is 4.79 Å². The molecule has 2 atom stereocenters. The van der Waals surface area contributed by atoms with E-state index < -0.39 is 24.0 Å². The summed E-state index contributed by atoms with van der Waals surface area (Å²) in [6.45, 7) is 9.39. The van der Waals surface area contributed by atoms with Gasteiger partial charge < -0.3 is 24.8 Å². The average molecular weight is 376 g/mol. The second-order valence-corrected chi connectivity index (χ2v) is 6.18. The maximum absolute atomic E-state index is 12.7. The topological polar surface area (TPSA) is 85.9 Å². The molecule has 1 saturated heterocycles. The van der Waals surface area contributed by atoms with Crippen LogP contribution >= 0.6 is 0 Å². The van der Waals surface area contributed by atoms with Crippen LogP contribution in [0.3, 0.4) is 0 Å². The molecule has 0 radical (unpaired) electrons. The Morgan fingerprint density at radius 2 is 1.96 bits per heavy atom. The van der Waals surface area contributed by atoms with Gasteiger partial charge in [0.2, 0.25) is 0 Å². The zero-order valence-electron chi connectivity index (χ0n) is 16.0. The van der Waals surface area contributed by atoms with Gasteiger partial charge in [-0.2, -0.15) is 0 Å². The Hall–Kier alpha value is -2.54. The Balaban J connectivity index is 2.21. The fraction of sp³-hybridized carbons (Fsp3) is 0.500. The summed E-state index contributed by atoms with van der Waals surface area (Å²) >= 11 is 0. The summed E-state index contributed by atoms with van der Waals surface area (Å²) < 4.78 is 16.4. The molecule has 0 spiro atoms. The largest absolute Gasteiger partial charge is 0.493 e. The van der Waals surface area contributed by atoms with Crippen molar-refractivity contribution in [3.63, 3.8) is 0 Å². The first-order chi connectivity index (χ1) is 13.1. The van der Waals surface area contributed by atoms with Crippen molar-refractivity contribution in [2.45, 2.75) is 32.7 Å². The molecule has 7 nitrogen and oxygen atoms in total. The van der Waals surface area contributed by atoms with E-state index in [4.69, 9.17) is 14.2 Å². The standard InChI is InChI=1S/C20H28N2O5/c1-4-6-11-26-16-10-8-7-9-15(16)18-17(14(3)21-20(24)22-18)19(23)27-13-12-25-5-2/h7-10,17-18H,3-6,11-13H2,1-2H3,(H2,21,22,24)/t17-,18+/m1/s1. The Morgan fingerprint density at radius 3 is 2.70 bits per heavy atom. The number of benzene rings is 1. The van der Waals surface area contributed by atoms with Crippen LogP contribution in [-0.2, 0) is 14.3 Å². The van der Waals surface area contributed by atoms with E-state index in [9.17, 15) is 9.59 Å². The summed E-state index contributed by atoms with van der Waals surface area (Å²) in [7, 11) is 0. The molecular weight excluding hydrogens is 348 g/mol. The number of ether oxygens (including phenoxy) is 3. The Labute approximate surface area is 160 Å². The van der Waals surface area contributed by atoms with E-state index in [1.165, 1.54) is 0 Å². The smallest absolute Gasteiger partial charge is 0.319 e. The number of carbonyl (C=O) groups excluding carboxylic acids is 2. The van der Waals surface area contributed by atoms with Crippen LogP contribution < -0.4 is 15.4 Å². The molecule has 1 aromatic rings. The highest BCUT2D eigenvalue weighted by Gasteiger charge is 2.40. The van der Waals surface area contributed by atoms with Gasteiger partial charge in [0.15, 0.2) is 0 Å². The zero-order valence-corrected chi connectivity index (χ0v) is 16.0. The zero-order chi connectivity index (χ0) is 19.6.